The number of aryl methyl sites for hydroxylation is 1. The maximum Gasteiger partial charge on any atom is 0.151 e. The Hall–Kier alpha value is -1.23. The van der Waals surface area contributed by atoms with Crippen molar-refractivity contribution >= 4 is 11.5 Å². The van der Waals surface area contributed by atoms with E-state index < -0.39 is 0 Å². The largest absolute Gasteiger partial charge is 0.394 e. The van der Waals surface area contributed by atoms with Gasteiger partial charge in [0.15, 0.2) is 5.82 Å². The highest BCUT2D eigenvalue weighted by Gasteiger charge is 2.31. The molecule has 0 spiro atoms. The van der Waals surface area contributed by atoms with Crippen molar-refractivity contribution in [2.45, 2.75) is 46.3 Å². The molecule has 0 aliphatic carbocycles. The van der Waals surface area contributed by atoms with Gasteiger partial charge >= 0.3 is 0 Å². The zero-order valence-corrected chi connectivity index (χ0v) is 12.0. The normalized spacial score (nSPS) is 19.6. The Kier molecular flexibility index (Phi) is 3.27. The summed E-state index contributed by atoms with van der Waals surface area (Å²) < 4.78 is 7.77. The molecular formula is C13H24N4O. The summed E-state index contributed by atoms with van der Waals surface area (Å²) in [5, 5.41) is 4.54. The Balaban J connectivity index is 2.38. The van der Waals surface area contributed by atoms with Crippen molar-refractivity contribution in [2.24, 2.45) is 0 Å². The first kappa shape index (κ1) is 13.2. The molecule has 18 heavy (non-hydrogen) atoms. The molecule has 0 aromatic carbocycles. The molecule has 1 aliphatic heterocycles. The van der Waals surface area contributed by atoms with Gasteiger partial charge in [0.05, 0.1) is 23.6 Å². The molecule has 1 aromatic heterocycles. The van der Waals surface area contributed by atoms with Crippen LogP contribution in [-0.2, 0) is 4.74 Å². The van der Waals surface area contributed by atoms with Crippen molar-refractivity contribution in [3.8, 4) is 0 Å². The lowest BCUT2D eigenvalue weighted by Crippen LogP contribution is -2.49. The number of hydrogen-bond donors (Lipinski definition) is 1. The van der Waals surface area contributed by atoms with Crippen LogP contribution in [0.1, 0.15) is 39.4 Å². The van der Waals surface area contributed by atoms with Gasteiger partial charge in [-0.2, -0.15) is 5.10 Å². The minimum Gasteiger partial charge on any atom is -0.394 e. The number of morpholine rings is 1. The van der Waals surface area contributed by atoms with Crippen molar-refractivity contribution in [1.29, 1.82) is 0 Å². The summed E-state index contributed by atoms with van der Waals surface area (Å²) in [6.45, 7) is 12.9. The first-order chi connectivity index (χ1) is 8.32. The molecule has 2 rings (SSSR count). The van der Waals surface area contributed by atoms with Crippen molar-refractivity contribution in [3.63, 3.8) is 0 Å². The predicted molar refractivity (Wildman–Crippen MR) is 74.0 cm³/mol. The summed E-state index contributed by atoms with van der Waals surface area (Å²) in [5.74, 6) is 1.04. The number of nitrogens with two attached hydrogens (primary N) is 1. The molecule has 1 aromatic rings. The van der Waals surface area contributed by atoms with E-state index in [4.69, 9.17) is 10.5 Å². The van der Waals surface area contributed by atoms with Crippen molar-refractivity contribution in [2.75, 3.05) is 30.3 Å². The topological polar surface area (TPSA) is 56.3 Å². The van der Waals surface area contributed by atoms with E-state index in [1.807, 2.05) is 11.6 Å². The third-order valence-electron chi connectivity index (χ3n) is 3.32. The number of aromatic nitrogens is 2. The Morgan fingerprint density at radius 3 is 2.61 bits per heavy atom. The molecule has 2 N–H and O–H groups in total. The van der Waals surface area contributed by atoms with Gasteiger partial charge in [-0.3, -0.25) is 0 Å². The fourth-order valence-electron chi connectivity index (χ4n) is 2.42. The monoisotopic (exact) mass is 252 g/mol. The van der Waals surface area contributed by atoms with Crippen molar-refractivity contribution < 1.29 is 4.74 Å². The number of rotatable bonds is 2. The molecule has 5 heteroatoms. The minimum atomic E-state index is -0.134. The Morgan fingerprint density at radius 2 is 2.06 bits per heavy atom. The van der Waals surface area contributed by atoms with Gasteiger partial charge in [-0.1, -0.05) is 0 Å². The SMILES string of the molecule is Cc1nn(C(C)C)c(N2CCOC(C)(C)C2)c1N. The molecule has 0 atom stereocenters. The molecular weight excluding hydrogens is 228 g/mol. The average molecular weight is 252 g/mol. The molecule has 1 fully saturated rings. The fraction of sp³-hybridized carbons (Fsp3) is 0.769. The number of hydrogen-bond acceptors (Lipinski definition) is 4. The van der Waals surface area contributed by atoms with Gasteiger partial charge in [-0.05, 0) is 34.6 Å². The molecule has 1 aliphatic rings. The van der Waals surface area contributed by atoms with Gasteiger partial charge < -0.3 is 15.4 Å². The van der Waals surface area contributed by atoms with Crippen LogP contribution in [0.25, 0.3) is 0 Å². The van der Waals surface area contributed by atoms with Gasteiger partial charge in [0.2, 0.25) is 0 Å². The molecule has 0 bridgehead atoms. The van der Waals surface area contributed by atoms with E-state index in [1.165, 1.54) is 0 Å². The van der Waals surface area contributed by atoms with Crippen molar-refractivity contribution in [1.82, 2.24) is 9.78 Å². The smallest absolute Gasteiger partial charge is 0.151 e. The number of nitrogens with zero attached hydrogens (tertiary/aromatic N) is 3. The maximum atomic E-state index is 6.19. The summed E-state index contributed by atoms with van der Waals surface area (Å²) in [6, 6.07) is 0.307. The third-order valence-corrected chi connectivity index (χ3v) is 3.32. The summed E-state index contributed by atoms with van der Waals surface area (Å²) >= 11 is 0. The second kappa shape index (κ2) is 4.46. The lowest BCUT2D eigenvalue weighted by atomic mass is 10.1. The van der Waals surface area contributed by atoms with E-state index in [1.54, 1.807) is 0 Å². The summed E-state index contributed by atoms with van der Waals surface area (Å²) in [4.78, 5) is 2.29. The highest BCUT2D eigenvalue weighted by Crippen LogP contribution is 2.32. The highest BCUT2D eigenvalue weighted by atomic mass is 16.5. The lowest BCUT2D eigenvalue weighted by molar-refractivity contribution is -0.0281. The van der Waals surface area contributed by atoms with Crippen LogP contribution in [0, 0.1) is 6.92 Å². The van der Waals surface area contributed by atoms with E-state index in [0.717, 1.165) is 36.9 Å². The number of nitrogen functional groups attached to an aromatic ring is 1. The fourth-order valence-corrected chi connectivity index (χ4v) is 2.42. The van der Waals surface area contributed by atoms with Crippen LogP contribution in [0.15, 0.2) is 0 Å². The molecule has 0 unspecified atom stereocenters. The number of anilines is 2. The molecule has 2 heterocycles. The molecule has 0 radical (unpaired) electrons. The number of ether oxygens (including phenoxy) is 1. The first-order valence-corrected chi connectivity index (χ1v) is 6.55. The standard InChI is InChI=1S/C13H24N4O/c1-9(2)17-12(11(14)10(3)15-17)16-6-7-18-13(4,5)8-16/h9H,6-8,14H2,1-5H3. The predicted octanol–water partition coefficient (Wildman–Crippen LogP) is 1.97. The van der Waals surface area contributed by atoms with E-state index in [9.17, 15) is 0 Å². The van der Waals surface area contributed by atoms with Crippen molar-refractivity contribution in [3.05, 3.63) is 5.69 Å². The van der Waals surface area contributed by atoms with Gasteiger partial charge in [0.25, 0.3) is 0 Å². The van der Waals surface area contributed by atoms with Gasteiger partial charge in [0.1, 0.15) is 0 Å². The minimum absolute atomic E-state index is 0.134. The zero-order chi connectivity index (χ0) is 13.5. The van der Waals surface area contributed by atoms with E-state index in [2.05, 4.69) is 37.7 Å². The van der Waals surface area contributed by atoms with E-state index in [0.29, 0.717) is 6.04 Å². The highest BCUT2D eigenvalue weighted by molar-refractivity contribution is 5.66. The van der Waals surface area contributed by atoms with Crippen LogP contribution in [-0.4, -0.2) is 35.1 Å². The molecule has 0 amide bonds. The molecule has 0 saturated carbocycles. The van der Waals surface area contributed by atoms with E-state index in [-0.39, 0.29) is 5.60 Å². The van der Waals surface area contributed by atoms with E-state index >= 15 is 0 Å². The van der Waals surface area contributed by atoms with Gasteiger partial charge in [0, 0.05) is 19.1 Å². The van der Waals surface area contributed by atoms with Crippen LogP contribution in [0.5, 0.6) is 0 Å². The third kappa shape index (κ3) is 2.32. The summed E-state index contributed by atoms with van der Waals surface area (Å²) in [7, 11) is 0. The molecule has 1 saturated heterocycles. The van der Waals surface area contributed by atoms with Crippen LogP contribution in [0.2, 0.25) is 0 Å². The maximum absolute atomic E-state index is 6.19. The Labute approximate surface area is 109 Å². The first-order valence-electron chi connectivity index (χ1n) is 6.55. The summed E-state index contributed by atoms with van der Waals surface area (Å²) in [5.41, 5.74) is 7.76. The van der Waals surface area contributed by atoms with Crippen LogP contribution < -0.4 is 10.6 Å². The summed E-state index contributed by atoms with van der Waals surface area (Å²) in [6.07, 6.45) is 0. The zero-order valence-electron chi connectivity index (χ0n) is 12.0. The van der Waals surface area contributed by atoms with Crippen LogP contribution >= 0.6 is 0 Å². The van der Waals surface area contributed by atoms with Gasteiger partial charge in [-0.25, -0.2) is 4.68 Å². The quantitative estimate of drug-likeness (QED) is 0.874. The molecule has 5 nitrogen and oxygen atoms in total. The second-order valence-electron chi connectivity index (χ2n) is 5.89. The van der Waals surface area contributed by atoms with Gasteiger partial charge in [-0.15, -0.1) is 0 Å². The Morgan fingerprint density at radius 1 is 1.39 bits per heavy atom. The average Bonchev–Trinajstić information content (AvgIpc) is 2.54. The van der Waals surface area contributed by atoms with Crippen LogP contribution in [0.3, 0.4) is 0 Å². The van der Waals surface area contributed by atoms with Crippen LogP contribution in [0.4, 0.5) is 11.5 Å². The molecule has 102 valence electrons. The second-order valence-corrected chi connectivity index (χ2v) is 5.89. The Bertz CT molecular complexity index is 436. The lowest BCUT2D eigenvalue weighted by Gasteiger charge is -2.39.